The van der Waals surface area contributed by atoms with Crippen LogP contribution in [-0.2, 0) is 25.6 Å². The molecule has 4 atom stereocenters. The Balaban J connectivity index is 2.82. The zero-order valence-electron chi connectivity index (χ0n) is 16.3. The Bertz CT molecular complexity index is 695. The van der Waals surface area contributed by atoms with Crippen molar-refractivity contribution in [2.24, 2.45) is 11.7 Å². The molecule has 0 spiro atoms. The molecule has 0 aromatic carbocycles. The molecule has 0 radical (unpaired) electrons. The number of carboxylic acids is 1. The van der Waals surface area contributed by atoms with Crippen LogP contribution in [0.25, 0.3) is 0 Å². The van der Waals surface area contributed by atoms with Gasteiger partial charge >= 0.3 is 5.97 Å². The second-order valence-corrected chi connectivity index (χ2v) is 6.61. The Morgan fingerprint density at radius 1 is 1.17 bits per heavy atom. The van der Waals surface area contributed by atoms with Crippen LogP contribution in [0.3, 0.4) is 0 Å². The van der Waals surface area contributed by atoms with Gasteiger partial charge in [0, 0.05) is 18.3 Å². The molecule has 0 fully saturated rings. The smallest absolute Gasteiger partial charge is 0.322 e. The van der Waals surface area contributed by atoms with E-state index in [0.29, 0.717) is 12.1 Å². The molecule has 4 unspecified atom stereocenters. The maximum Gasteiger partial charge on any atom is 0.322 e. The molecule has 0 aliphatic rings. The van der Waals surface area contributed by atoms with Gasteiger partial charge in [0.05, 0.1) is 19.0 Å². The fraction of sp³-hybridized carbons (Fsp3) is 0.588. The number of aromatic amines is 1. The van der Waals surface area contributed by atoms with Gasteiger partial charge in [0.2, 0.25) is 17.7 Å². The van der Waals surface area contributed by atoms with Crippen LogP contribution in [0.4, 0.5) is 0 Å². The zero-order chi connectivity index (χ0) is 22.0. The number of rotatable bonds is 12. The van der Waals surface area contributed by atoms with Crippen LogP contribution in [0, 0.1) is 5.92 Å². The van der Waals surface area contributed by atoms with Gasteiger partial charge in [-0.15, -0.1) is 0 Å². The van der Waals surface area contributed by atoms with E-state index in [1.807, 2.05) is 6.92 Å². The van der Waals surface area contributed by atoms with Gasteiger partial charge in [-0.1, -0.05) is 20.3 Å². The molecule has 1 rings (SSSR count). The maximum absolute atomic E-state index is 12.5. The van der Waals surface area contributed by atoms with Gasteiger partial charge < -0.3 is 36.9 Å². The molecule has 0 aliphatic heterocycles. The van der Waals surface area contributed by atoms with Crippen molar-refractivity contribution < 1.29 is 29.4 Å². The van der Waals surface area contributed by atoms with E-state index in [2.05, 4.69) is 25.9 Å². The summed E-state index contributed by atoms with van der Waals surface area (Å²) in [6, 6.07) is -3.34. The van der Waals surface area contributed by atoms with Crippen molar-refractivity contribution in [3.63, 3.8) is 0 Å². The summed E-state index contributed by atoms with van der Waals surface area (Å²) in [4.78, 5) is 54.2. The molecule has 0 saturated carbocycles. The number of carbonyl (C=O) groups excluding carboxylic acids is 3. The van der Waals surface area contributed by atoms with Gasteiger partial charge in [-0.25, -0.2) is 4.98 Å². The molecule has 12 nitrogen and oxygen atoms in total. The van der Waals surface area contributed by atoms with Gasteiger partial charge in [0.1, 0.15) is 18.6 Å². The molecule has 0 aliphatic carbocycles. The fourth-order valence-corrected chi connectivity index (χ4v) is 2.36. The normalized spacial score (nSPS) is 14.9. The third-order valence-corrected chi connectivity index (χ3v) is 4.40. The summed E-state index contributed by atoms with van der Waals surface area (Å²) in [5.74, 6) is -3.53. The summed E-state index contributed by atoms with van der Waals surface area (Å²) >= 11 is 0. The van der Waals surface area contributed by atoms with E-state index < -0.39 is 55.0 Å². The number of carbonyl (C=O) groups is 4. The lowest BCUT2D eigenvalue weighted by atomic mass is 9.99. The van der Waals surface area contributed by atoms with Gasteiger partial charge in [-0.05, 0) is 5.92 Å². The van der Waals surface area contributed by atoms with E-state index in [0.717, 1.165) is 0 Å². The first kappa shape index (κ1) is 24.0. The molecule has 1 aromatic heterocycles. The molecule has 8 N–H and O–H groups in total. The zero-order valence-corrected chi connectivity index (χ0v) is 16.3. The fourth-order valence-electron chi connectivity index (χ4n) is 2.36. The number of H-pyrrole nitrogens is 1. The highest BCUT2D eigenvalue weighted by atomic mass is 16.4. The third-order valence-electron chi connectivity index (χ3n) is 4.40. The summed E-state index contributed by atoms with van der Waals surface area (Å²) in [6.45, 7) is 2.31. The van der Waals surface area contributed by atoms with E-state index in [-0.39, 0.29) is 12.3 Å². The van der Waals surface area contributed by atoms with Crippen LogP contribution in [0.15, 0.2) is 12.5 Å². The van der Waals surface area contributed by atoms with E-state index in [1.54, 1.807) is 6.92 Å². The van der Waals surface area contributed by atoms with Crippen LogP contribution >= 0.6 is 0 Å². The van der Waals surface area contributed by atoms with Crippen LogP contribution in [0.2, 0.25) is 0 Å². The minimum Gasteiger partial charge on any atom is -0.480 e. The van der Waals surface area contributed by atoms with Gasteiger partial charge in [-0.3, -0.25) is 19.2 Å². The minimum absolute atomic E-state index is 0.00430. The van der Waals surface area contributed by atoms with E-state index >= 15 is 0 Å². The summed E-state index contributed by atoms with van der Waals surface area (Å²) in [5.41, 5.74) is 6.34. The topological polar surface area (TPSA) is 200 Å². The molecule has 3 amide bonds. The number of carboxylic acid groups (broad SMARTS) is 1. The first-order valence-electron chi connectivity index (χ1n) is 9.13. The lowest BCUT2D eigenvalue weighted by Crippen LogP contribution is -2.58. The first-order valence-corrected chi connectivity index (χ1v) is 9.13. The van der Waals surface area contributed by atoms with Crippen molar-refractivity contribution in [3.8, 4) is 0 Å². The summed E-state index contributed by atoms with van der Waals surface area (Å²) in [5, 5.41) is 25.2. The molecule has 1 aromatic rings. The number of aromatic nitrogens is 2. The van der Waals surface area contributed by atoms with E-state index in [1.165, 1.54) is 12.5 Å². The predicted octanol–water partition coefficient (Wildman–Crippen LogP) is -2.51. The number of hydrogen-bond acceptors (Lipinski definition) is 7. The van der Waals surface area contributed by atoms with Crippen LogP contribution in [-0.4, -0.2) is 75.1 Å². The summed E-state index contributed by atoms with van der Waals surface area (Å²) < 4.78 is 0. The van der Waals surface area contributed by atoms with Crippen molar-refractivity contribution >= 4 is 23.7 Å². The van der Waals surface area contributed by atoms with Crippen LogP contribution in [0.5, 0.6) is 0 Å². The largest absolute Gasteiger partial charge is 0.480 e. The Labute approximate surface area is 167 Å². The predicted molar refractivity (Wildman–Crippen MR) is 101 cm³/mol. The number of hydrogen-bond donors (Lipinski definition) is 7. The third kappa shape index (κ3) is 7.87. The number of nitrogens with two attached hydrogens (primary N) is 1. The Kier molecular flexibility index (Phi) is 9.75. The molecular weight excluding hydrogens is 384 g/mol. The lowest BCUT2D eigenvalue weighted by Gasteiger charge is -2.24. The lowest BCUT2D eigenvalue weighted by molar-refractivity contribution is -0.138. The highest BCUT2D eigenvalue weighted by Crippen LogP contribution is 2.06. The number of amides is 3. The first-order chi connectivity index (χ1) is 13.7. The van der Waals surface area contributed by atoms with Gasteiger partial charge in [0.25, 0.3) is 0 Å². The standard InChI is InChI=1S/C17H28N6O6/c1-3-9(2)14(18)17(29)23-12(7-24)16(28)22-11(4-10-5-19-8-21-10)15(27)20-6-13(25)26/h5,8-9,11-12,14,24H,3-4,6-7,18H2,1-2H3,(H,19,21)(H,20,27)(H,22,28)(H,23,29)(H,25,26). The van der Waals surface area contributed by atoms with Crippen molar-refractivity contribution in [1.82, 2.24) is 25.9 Å². The Morgan fingerprint density at radius 3 is 2.34 bits per heavy atom. The summed E-state index contributed by atoms with van der Waals surface area (Å²) in [6.07, 6.45) is 3.48. The SMILES string of the molecule is CCC(C)C(N)C(=O)NC(CO)C(=O)NC(Cc1cnc[nH]1)C(=O)NCC(=O)O. The highest BCUT2D eigenvalue weighted by Gasteiger charge is 2.29. The molecule has 162 valence electrons. The second kappa shape index (κ2) is 11.8. The van der Waals surface area contributed by atoms with E-state index in [9.17, 15) is 24.3 Å². The van der Waals surface area contributed by atoms with Gasteiger partial charge in [0.15, 0.2) is 0 Å². The van der Waals surface area contributed by atoms with E-state index in [4.69, 9.17) is 10.8 Å². The number of aliphatic hydroxyl groups excluding tert-OH is 1. The summed E-state index contributed by atoms with van der Waals surface area (Å²) in [7, 11) is 0. The van der Waals surface area contributed by atoms with Crippen molar-refractivity contribution in [3.05, 3.63) is 18.2 Å². The van der Waals surface area contributed by atoms with Crippen molar-refractivity contribution in [2.45, 2.75) is 44.8 Å². The van der Waals surface area contributed by atoms with Gasteiger partial charge in [-0.2, -0.15) is 0 Å². The average molecular weight is 412 g/mol. The average Bonchev–Trinajstić information content (AvgIpc) is 3.21. The minimum atomic E-state index is -1.32. The van der Waals surface area contributed by atoms with Crippen molar-refractivity contribution in [1.29, 1.82) is 0 Å². The number of aliphatic carboxylic acids is 1. The monoisotopic (exact) mass is 412 g/mol. The van der Waals surface area contributed by atoms with Crippen molar-refractivity contribution in [2.75, 3.05) is 13.2 Å². The number of aliphatic hydroxyl groups is 1. The quantitative estimate of drug-likeness (QED) is 0.195. The molecular formula is C17H28N6O6. The van der Waals surface area contributed by atoms with Crippen LogP contribution in [0.1, 0.15) is 26.0 Å². The number of nitrogens with zero attached hydrogens (tertiary/aromatic N) is 1. The number of nitrogens with one attached hydrogen (secondary N) is 4. The number of imidazole rings is 1. The molecule has 1 heterocycles. The second-order valence-electron chi connectivity index (χ2n) is 6.61. The maximum atomic E-state index is 12.5. The molecule has 0 bridgehead atoms. The molecule has 0 saturated heterocycles. The Morgan fingerprint density at radius 2 is 1.83 bits per heavy atom. The molecule has 29 heavy (non-hydrogen) atoms. The molecule has 12 heteroatoms. The highest BCUT2D eigenvalue weighted by molar-refractivity contribution is 5.93. The Hall–Kier alpha value is -2.99. The van der Waals surface area contributed by atoms with Crippen LogP contribution < -0.4 is 21.7 Å².